The lowest BCUT2D eigenvalue weighted by molar-refractivity contribution is -0.0497. The Balaban J connectivity index is 1.25. The van der Waals surface area contributed by atoms with Crippen molar-refractivity contribution in [2.75, 3.05) is 66.6 Å². The minimum atomic E-state index is 0.0432. The van der Waals surface area contributed by atoms with Crippen LogP contribution in [0.15, 0.2) is 48.5 Å². The third kappa shape index (κ3) is 5.59. The summed E-state index contributed by atoms with van der Waals surface area (Å²) in [5.41, 5.74) is 1.92. The van der Waals surface area contributed by atoms with Gasteiger partial charge in [0, 0.05) is 52.4 Å². The highest BCUT2D eigenvalue weighted by Crippen LogP contribution is 2.21. The molecule has 1 atom stereocenters. The second kappa shape index (κ2) is 10.8. The summed E-state index contributed by atoms with van der Waals surface area (Å²) in [6.45, 7) is 7.61. The van der Waals surface area contributed by atoms with E-state index in [2.05, 4.69) is 21.9 Å². The van der Waals surface area contributed by atoms with Crippen molar-refractivity contribution in [2.24, 2.45) is 0 Å². The van der Waals surface area contributed by atoms with E-state index in [1.165, 1.54) is 5.56 Å². The van der Waals surface area contributed by atoms with Crippen molar-refractivity contribution < 1.29 is 19.0 Å². The second-order valence-corrected chi connectivity index (χ2v) is 8.37. The highest BCUT2D eigenvalue weighted by atomic mass is 16.5. The van der Waals surface area contributed by atoms with E-state index in [1.54, 1.807) is 14.2 Å². The van der Waals surface area contributed by atoms with Gasteiger partial charge in [0.25, 0.3) is 5.91 Å². The van der Waals surface area contributed by atoms with Crippen molar-refractivity contribution in [1.82, 2.24) is 14.7 Å². The maximum Gasteiger partial charge on any atom is 0.257 e. The molecule has 172 valence electrons. The minimum absolute atomic E-state index is 0.0432. The van der Waals surface area contributed by atoms with Crippen LogP contribution in [-0.2, 0) is 11.3 Å². The fourth-order valence-electron chi connectivity index (χ4n) is 4.44. The van der Waals surface area contributed by atoms with E-state index in [9.17, 15) is 4.79 Å². The van der Waals surface area contributed by atoms with Gasteiger partial charge in [0.15, 0.2) is 0 Å². The Morgan fingerprint density at radius 3 is 2.41 bits per heavy atom. The first-order valence-corrected chi connectivity index (χ1v) is 11.3. The zero-order valence-corrected chi connectivity index (χ0v) is 19.0. The Kier molecular flexibility index (Phi) is 7.63. The molecule has 1 unspecified atom stereocenters. The Morgan fingerprint density at radius 1 is 0.938 bits per heavy atom. The smallest absolute Gasteiger partial charge is 0.257 e. The van der Waals surface area contributed by atoms with Crippen LogP contribution in [0.1, 0.15) is 15.9 Å². The van der Waals surface area contributed by atoms with Crippen LogP contribution >= 0.6 is 0 Å². The summed E-state index contributed by atoms with van der Waals surface area (Å²) < 4.78 is 16.7. The van der Waals surface area contributed by atoms with Crippen molar-refractivity contribution in [3.63, 3.8) is 0 Å². The van der Waals surface area contributed by atoms with Crippen LogP contribution in [0.5, 0.6) is 11.5 Å². The van der Waals surface area contributed by atoms with Crippen molar-refractivity contribution in [2.45, 2.75) is 12.6 Å². The molecule has 0 saturated carbocycles. The molecule has 2 saturated heterocycles. The molecule has 4 rings (SSSR count). The maximum absolute atomic E-state index is 12.9. The lowest BCUT2D eigenvalue weighted by atomic mass is 10.1. The zero-order valence-electron chi connectivity index (χ0n) is 19.0. The molecule has 2 heterocycles. The van der Waals surface area contributed by atoms with Gasteiger partial charge in [-0.2, -0.15) is 0 Å². The summed E-state index contributed by atoms with van der Waals surface area (Å²) in [4.78, 5) is 19.7. The van der Waals surface area contributed by atoms with Crippen LogP contribution in [-0.4, -0.2) is 93.4 Å². The molecule has 0 bridgehead atoms. The number of benzene rings is 2. The van der Waals surface area contributed by atoms with Gasteiger partial charge in [-0.1, -0.05) is 24.3 Å². The molecular weight excluding hydrogens is 406 g/mol. The fraction of sp³-hybridized carbons (Fsp3) is 0.480. The van der Waals surface area contributed by atoms with E-state index in [0.29, 0.717) is 11.3 Å². The maximum atomic E-state index is 12.9. The van der Waals surface area contributed by atoms with Gasteiger partial charge in [-0.3, -0.25) is 14.6 Å². The van der Waals surface area contributed by atoms with Gasteiger partial charge in [-0.15, -0.1) is 0 Å². The standard InChI is InChI=1S/C25H33N3O4/c1-30-21-9-7-20(8-10-21)17-27-15-16-32-22(19-27)18-26-11-13-28(14-12-26)25(29)23-5-3-4-6-24(23)31-2/h3-10,22H,11-19H2,1-2H3. The number of carbonyl (C=O) groups excluding carboxylic acids is 1. The number of methoxy groups -OCH3 is 2. The number of ether oxygens (including phenoxy) is 3. The van der Waals surface area contributed by atoms with Gasteiger partial charge >= 0.3 is 0 Å². The first kappa shape index (κ1) is 22.6. The van der Waals surface area contributed by atoms with Crippen LogP contribution in [0.2, 0.25) is 0 Å². The van der Waals surface area contributed by atoms with Crippen molar-refractivity contribution in [3.8, 4) is 11.5 Å². The number of para-hydroxylation sites is 1. The van der Waals surface area contributed by atoms with Gasteiger partial charge in [0.05, 0.1) is 32.5 Å². The molecule has 2 fully saturated rings. The molecule has 0 radical (unpaired) electrons. The highest BCUT2D eigenvalue weighted by molar-refractivity contribution is 5.97. The average Bonchev–Trinajstić information content (AvgIpc) is 2.85. The summed E-state index contributed by atoms with van der Waals surface area (Å²) in [6.07, 6.45) is 0.193. The first-order valence-electron chi connectivity index (χ1n) is 11.3. The summed E-state index contributed by atoms with van der Waals surface area (Å²) in [5.74, 6) is 1.56. The largest absolute Gasteiger partial charge is 0.497 e. The summed E-state index contributed by atoms with van der Waals surface area (Å²) in [5, 5.41) is 0. The van der Waals surface area contributed by atoms with E-state index in [1.807, 2.05) is 41.3 Å². The van der Waals surface area contributed by atoms with Gasteiger partial charge in [-0.05, 0) is 29.8 Å². The van der Waals surface area contributed by atoms with Crippen molar-refractivity contribution in [1.29, 1.82) is 0 Å². The number of rotatable bonds is 7. The second-order valence-electron chi connectivity index (χ2n) is 8.37. The number of carbonyl (C=O) groups is 1. The predicted octanol–water partition coefficient (Wildman–Crippen LogP) is 2.36. The highest BCUT2D eigenvalue weighted by Gasteiger charge is 2.27. The molecule has 0 aromatic heterocycles. The molecule has 7 nitrogen and oxygen atoms in total. The van der Waals surface area contributed by atoms with Gasteiger partial charge in [0.2, 0.25) is 0 Å². The Hall–Kier alpha value is -2.61. The summed E-state index contributed by atoms with van der Waals surface area (Å²) in [7, 11) is 3.29. The summed E-state index contributed by atoms with van der Waals surface area (Å²) in [6, 6.07) is 15.7. The monoisotopic (exact) mass is 439 g/mol. The minimum Gasteiger partial charge on any atom is -0.497 e. The molecule has 0 spiro atoms. The molecule has 2 aliphatic rings. The SMILES string of the molecule is COc1ccc(CN2CCOC(CN3CCN(C(=O)c4ccccc4OC)CC3)C2)cc1. The van der Waals surface area contributed by atoms with Crippen molar-refractivity contribution >= 4 is 5.91 Å². The van der Waals surface area contributed by atoms with E-state index >= 15 is 0 Å². The first-order chi connectivity index (χ1) is 15.7. The molecule has 7 heteroatoms. The van der Waals surface area contributed by atoms with Gasteiger partial charge < -0.3 is 19.1 Å². The average molecular weight is 440 g/mol. The number of morpholine rings is 1. The molecule has 32 heavy (non-hydrogen) atoms. The zero-order chi connectivity index (χ0) is 22.3. The third-order valence-electron chi connectivity index (χ3n) is 6.25. The van der Waals surface area contributed by atoms with Crippen LogP contribution in [0.3, 0.4) is 0 Å². The van der Waals surface area contributed by atoms with Crippen LogP contribution in [0.25, 0.3) is 0 Å². The molecule has 0 aliphatic carbocycles. The fourth-order valence-corrected chi connectivity index (χ4v) is 4.44. The lowest BCUT2D eigenvalue weighted by Gasteiger charge is -2.39. The summed E-state index contributed by atoms with van der Waals surface area (Å²) >= 11 is 0. The topological polar surface area (TPSA) is 54.5 Å². The Bertz CT molecular complexity index is 881. The lowest BCUT2D eigenvalue weighted by Crippen LogP contribution is -2.53. The molecule has 1 amide bonds. The Labute approximate surface area is 190 Å². The number of amides is 1. The van der Waals surface area contributed by atoms with Crippen molar-refractivity contribution in [3.05, 3.63) is 59.7 Å². The van der Waals surface area contributed by atoms with Crippen LogP contribution in [0.4, 0.5) is 0 Å². The molecular formula is C25H33N3O4. The molecule has 2 aromatic rings. The van der Waals surface area contributed by atoms with Crippen LogP contribution < -0.4 is 9.47 Å². The van der Waals surface area contributed by atoms with Gasteiger partial charge in [-0.25, -0.2) is 0 Å². The third-order valence-corrected chi connectivity index (χ3v) is 6.25. The number of hydrogen-bond donors (Lipinski definition) is 0. The number of piperazine rings is 1. The molecule has 2 aliphatic heterocycles. The quantitative estimate of drug-likeness (QED) is 0.660. The predicted molar refractivity (Wildman–Crippen MR) is 123 cm³/mol. The molecule has 0 N–H and O–H groups in total. The van der Waals surface area contributed by atoms with E-state index in [0.717, 1.165) is 64.7 Å². The Morgan fingerprint density at radius 2 is 1.69 bits per heavy atom. The van der Waals surface area contributed by atoms with E-state index in [-0.39, 0.29) is 12.0 Å². The van der Waals surface area contributed by atoms with E-state index < -0.39 is 0 Å². The molecule has 2 aromatic carbocycles. The van der Waals surface area contributed by atoms with Gasteiger partial charge in [0.1, 0.15) is 11.5 Å². The van der Waals surface area contributed by atoms with Crippen LogP contribution in [0, 0.1) is 0 Å². The normalized spacial score (nSPS) is 20.2. The van der Waals surface area contributed by atoms with E-state index in [4.69, 9.17) is 14.2 Å². The number of hydrogen-bond acceptors (Lipinski definition) is 6. The number of nitrogens with zero attached hydrogens (tertiary/aromatic N) is 3.